The van der Waals surface area contributed by atoms with E-state index in [-0.39, 0.29) is 0 Å². The van der Waals surface area contributed by atoms with Crippen LogP contribution in [0, 0.1) is 6.92 Å². The number of aryl methyl sites for hydroxylation is 1. The van der Waals surface area contributed by atoms with Crippen LogP contribution in [0.3, 0.4) is 0 Å². The fraction of sp³-hybridized carbons (Fsp3) is 0.111. The Bertz CT molecular complexity index is 490. The third-order valence-electron chi connectivity index (χ3n) is 1.87. The molecule has 0 saturated heterocycles. The van der Waals surface area contributed by atoms with Crippen LogP contribution < -0.4 is 0 Å². The van der Waals surface area contributed by atoms with Crippen molar-refractivity contribution in [1.29, 1.82) is 0 Å². The summed E-state index contributed by atoms with van der Waals surface area (Å²) in [5.41, 5.74) is 0.969. The summed E-state index contributed by atoms with van der Waals surface area (Å²) in [4.78, 5) is 9.48. The molecule has 15 heavy (non-hydrogen) atoms. The van der Waals surface area contributed by atoms with Gasteiger partial charge in [-0.1, -0.05) is 23.2 Å². The van der Waals surface area contributed by atoms with Crippen molar-refractivity contribution in [2.45, 2.75) is 6.92 Å². The van der Waals surface area contributed by atoms with Gasteiger partial charge >= 0.3 is 0 Å². The summed E-state index contributed by atoms with van der Waals surface area (Å²) < 4.78 is 0.530. The zero-order chi connectivity index (χ0) is 11.0. The molecule has 0 aliphatic heterocycles. The average Bonchev–Trinajstić information content (AvgIpc) is 2.60. The molecule has 2 aromatic rings. The van der Waals surface area contributed by atoms with Crippen molar-refractivity contribution in [2.24, 2.45) is 0 Å². The quantitative estimate of drug-likeness (QED) is 0.718. The molecule has 0 spiro atoms. The molecule has 0 radical (unpaired) electrons. The van der Waals surface area contributed by atoms with E-state index in [4.69, 9.17) is 23.2 Å². The van der Waals surface area contributed by atoms with Crippen LogP contribution >= 0.6 is 50.5 Å². The van der Waals surface area contributed by atoms with E-state index in [1.165, 1.54) is 0 Å². The monoisotopic (exact) mass is 322 g/mol. The van der Waals surface area contributed by atoms with Crippen molar-refractivity contribution >= 4 is 50.5 Å². The normalized spacial score (nSPS) is 10.7. The number of hydrogen-bond acceptors (Lipinski definition) is 3. The molecule has 6 heteroatoms. The van der Waals surface area contributed by atoms with Gasteiger partial charge in [-0.3, -0.25) is 0 Å². The van der Waals surface area contributed by atoms with Crippen LogP contribution in [-0.4, -0.2) is 9.97 Å². The van der Waals surface area contributed by atoms with Crippen LogP contribution in [0.15, 0.2) is 15.9 Å². The molecule has 0 amide bonds. The van der Waals surface area contributed by atoms with E-state index in [0.717, 1.165) is 10.4 Å². The number of nitrogens with zero attached hydrogens (tertiary/aromatic N) is 2. The van der Waals surface area contributed by atoms with Gasteiger partial charge in [0.2, 0.25) is 0 Å². The SMILES string of the molecule is Cc1sccc1-c1nc(Cl)c(Br)c(Cl)n1. The second kappa shape index (κ2) is 4.37. The number of halogens is 3. The number of rotatable bonds is 1. The molecule has 2 nitrogen and oxygen atoms in total. The standard InChI is InChI=1S/C9H5BrCl2N2S/c1-4-5(2-3-15-4)9-13-7(11)6(10)8(12)14-9/h2-3H,1H3. The maximum atomic E-state index is 5.91. The number of thiophene rings is 1. The highest BCUT2D eigenvalue weighted by Crippen LogP contribution is 2.32. The Morgan fingerprint density at radius 3 is 2.33 bits per heavy atom. The first kappa shape index (κ1) is 11.3. The summed E-state index contributed by atoms with van der Waals surface area (Å²) in [5, 5.41) is 2.64. The average molecular weight is 324 g/mol. The first-order valence-electron chi connectivity index (χ1n) is 4.02. The third-order valence-corrected chi connectivity index (χ3v) is 4.47. The van der Waals surface area contributed by atoms with Crippen LogP contribution in [0.1, 0.15) is 4.88 Å². The van der Waals surface area contributed by atoms with Crippen molar-refractivity contribution in [3.05, 3.63) is 31.1 Å². The molecule has 0 bridgehead atoms. The minimum absolute atomic E-state index is 0.329. The van der Waals surface area contributed by atoms with E-state index in [9.17, 15) is 0 Å². The topological polar surface area (TPSA) is 25.8 Å². The zero-order valence-corrected chi connectivity index (χ0v) is 11.5. The van der Waals surface area contributed by atoms with Crippen molar-refractivity contribution in [3.8, 4) is 11.4 Å². The molecule has 2 heterocycles. The molecular weight excluding hydrogens is 319 g/mol. The van der Waals surface area contributed by atoms with E-state index >= 15 is 0 Å². The molecule has 0 atom stereocenters. The van der Waals surface area contributed by atoms with Crippen molar-refractivity contribution in [1.82, 2.24) is 9.97 Å². The van der Waals surface area contributed by atoms with E-state index in [1.807, 2.05) is 18.4 Å². The van der Waals surface area contributed by atoms with Gasteiger partial charge in [0, 0.05) is 10.4 Å². The largest absolute Gasteiger partial charge is 0.215 e. The van der Waals surface area contributed by atoms with E-state index in [2.05, 4.69) is 25.9 Å². The Balaban J connectivity index is 2.60. The molecule has 0 aliphatic carbocycles. The fourth-order valence-electron chi connectivity index (χ4n) is 1.13. The molecular formula is C9H5BrCl2N2S. The molecule has 0 N–H and O–H groups in total. The van der Waals surface area contributed by atoms with Gasteiger partial charge in [0.05, 0.1) is 4.47 Å². The Morgan fingerprint density at radius 2 is 1.87 bits per heavy atom. The molecule has 78 valence electrons. The summed E-state index contributed by atoms with van der Waals surface area (Å²) in [5.74, 6) is 0.562. The summed E-state index contributed by atoms with van der Waals surface area (Å²) in [6, 6.07) is 1.95. The molecule has 2 rings (SSSR count). The first-order chi connectivity index (χ1) is 7.09. The highest BCUT2D eigenvalue weighted by Gasteiger charge is 2.12. The molecule has 0 fully saturated rings. The van der Waals surface area contributed by atoms with E-state index < -0.39 is 0 Å². The van der Waals surface area contributed by atoms with Gasteiger partial charge in [-0.05, 0) is 34.3 Å². The Kier molecular flexibility index (Phi) is 3.30. The second-order valence-corrected chi connectivity index (χ2v) is 5.46. The van der Waals surface area contributed by atoms with Crippen LogP contribution in [0.4, 0.5) is 0 Å². The van der Waals surface area contributed by atoms with Crippen LogP contribution in [0.2, 0.25) is 10.3 Å². The van der Waals surface area contributed by atoms with Crippen LogP contribution in [-0.2, 0) is 0 Å². The summed E-state index contributed by atoms with van der Waals surface area (Å²) in [6.07, 6.45) is 0. The van der Waals surface area contributed by atoms with Crippen LogP contribution in [0.25, 0.3) is 11.4 Å². The summed E-state index contributed by atoms with van der Waals surface area (Å²) in [6.45, 7) is 2.01. The highest BCUT2D eigenvalue weighted by molar-refractivity contribution is 9.10. The Labute approximate surface area is 109 Å². The van der Waals surface area contributed by atoms with Gasteiger partial charge in [0.25, 0.3) is 0 Å². The zero-order valence-electron chi connectivity index (χ0n) is 7.59. The van der Waals surface area contributed by atoms with E-state index in [1.54, 1.807) is 11.3 Å². The summed E-state index contributed by atoms with van der Waals surface area (Å²) >= 11 is 16.7. The Morgan fingerprint density at radius 1 is 1.27 bits per heavy atom. The minimum atomic E-state index is 0.329. The summed E-state index contributed by atoms with van der Waals surface area (Å²) in [7, 11) is 0. The number of aromatic nitrogens is 2. The van der Waals surface area contributed by atoms with Gasteiger partial charge in [0.1, 0.15) is 10.3 Å². The second-order valence-electron chi connectivity index (χ2n) is 2.83. The third kappa shape index (κ3) is 2.18. The van der Waals surface area contributed by atoms with Gasteiger partial charge < -0.3 is 0 Å². The van der Waals surface area contributed by atoms with Gasteiger partial charge in [0.15, 0.2) is 5.82 Å². The lowest BCUT2D eigenvalue weighted by atomic mass is 10.2. The van der Waals surface area contributed by atoms with Gasteiger partial charge in [-0.15, -0.1) is 11.3 Å². The predicted molar refractivity (Wildman–Crippen MR) is 67.8 cm³/mol. The molecule has 0 saturated carbocycles. The van der Waals surface area contributed by atoms with Crippen molar-refractivity contribution in [3.63, 3.8) is 0 Å². The first-order valence-corrected chi connectivity index (χ1v) is 6.45. The lowest BCUT2D eigenvalue weighted by Gasteiger charge is -2.02. The smallest absolute Gasteiger partial charge is 0.163 e. The molecule has 0 aliphatic rings. The lowest BCUT2D eigenvalue weighted by Crippen LogP contribution is -1.91. The fourth-order valence-corrected chi connectivity index (χ4v) is 2.39. The molecule has 2 aromatic heterocycles. The Hall–Kier alpha value is -0.160. The highest BCUT2D eigenvalue weighted by atomic mass is 79.9. The predicted octanol–water partition coefficient (Wildman–Crippen LogP) is 4.58. The van der Waals surface area contributed by atoms with Crippen LogP contribution in [0.5, 0.6) is 0 Å². The van der Waals surface area contributed by atoms with Gasteiger partial charge in [-0.25, -0.2) is 9.97 Å². The minimum Gasteiger partial charge on any atom is -0.215 e. The van der Waals surface area contributed by atoms with Gasteiger partial charge in [-0.2, -0.15) is 0 Å². The molecule has 0 unspecified atom stereocenters. The lowest BCUT2D eigenvalue weighted by molar-refractivity contribution is 1.16. The number of hydrogen-bond donors (Lipinski definition) is 0. The maximum Gasteiger partial charge on any atom is 0.163 e. The molecule has 0 aromatic carbocycles. The van der Waals surface area contributed by atoms with Crippen molar-refractivity contribution < 1.29 is 0 Å². The maximum absolute atomic E-state index is 5.91. The van der Waals surface area contributed by atoms with Crippen molar-refractivity contribution in [2.75, 3.05) is 0 Å². The van der Waals surface area contributed by atoms with E-state index in [0.29, 0.717) is 20.6 Å².